The van der Waals surface area contributed by atoms with Crippen LogP contribution in [0.1, 0.15) is 13.8 Å². The van der Waals surface area contributed by atoms with Crippen LogP contribution in [0.3, 0.4) is 0 Å². The number of likely N-dealkylation sites (N-methyl/N-ethyl adjacent to an activating group) is 1. The first-order chi connectivity index (χ1) is 8.24. The number of carbonyl (C=O) groups is 2. The minimum atomic E-state index is -1.56. The van der Waals surface area contributed by atoms with Crippen LogP contribution in [0.15, 0.2) is 0 Å². The van der Waals surface area contributed by atoms with Gasteiger partial charge < -0.3 is 20.4 Å². The molecule has 0 radical (unpaired) electrons. The second kappa shape index (κ2) is 5.53. The van der Waals surface area contributed by atoms with Crippen LogP contribution < -0.4 is 5.32 Å². The van der Waals surface area contributed by atoms with Crippen molar-refractivity contribution in [2.24, 2.45) is 0 Å². The van der Waals surface area contributed by atoms with Gasteiger partial charge in [0.15, 0.2) is 6.10 Å². The summed E-state index contributed by atoms with van der Waals surface area (Å²) in [5.41, 5.74) is -0.110. The van der Waals surface area contributed by atoms with Crippen molar-refractivity contribution >= 4 is 12.0 Å². The quantitative estimate of drug-likeness (QED) is 0.615. The van der Waals surface area contributed by atoms with Gasteiger partial charge in [0.25, 0.3) is 0 Å². The van der Waals surface area contributed by atoms with E-state index < -0.39 is 12.1 Å². The molecule has 1 atom stereocenters. The third-order valence-corrected chi connectivity index (χ3v) is 3.34. The summed E-state index contributed by atoms with van der Waals surface area (Å²) in [6.07, 6.45) is -1.56. The SMILES string of the molecule is CN1CCN(C(=O)NC[C@H](O)C(=O)O)CC1(C)C. The van der Waals surface area contributed by atoms with Crippen molar-refractivity contribution in [3.05, 3.63) is 0 Å². The van der Waals surface area contributed by atoms with Crippen molar-refractivity contribution in [2.45, 2.75) is 25.5 Å². The summed E-state index contributed by atoms with van der Waals surface area (Å²) in [6.45, 7) is 5.73. The van der Waals surface area contributed by atoms with Crippen LogP contribution in [-0.4, -0.2) is 76.9 Å². The number of carboxylic acids is 1. The molecule has 0 bridgehead atoms. The summed E-state index contributed by atoms with van der Waals surface area (Å²) in [5, 5.41) is 20.0. The van der Waals surface area contributed by atoms with E-state index in [9.17, 15) is 9.59 Å². The van der Waals surface area contributed by atoms with Gasteiger partial charge in [0.05, 0.1) is 6.54 Å². The molecule has 0 saturated carbocycles. The Bertz CT molecular complexity index is 332. The van der Waals surface area contributed by atoms with Gasteiger partial charge in [-0.1, -0.05) is 0 Å². The number of rotatable bonds is 3. The molecule has 7 nitrogen and oxygen atoms in total. The zero-order chi connectivity index (χ0) is 13.9. The maximum atomic E-state index is 11.8. The highest BCUT2D eigenvalue weighted by Gasteiger charge is 2.33. The molecule has 104 valence electrons. The van der Waals surface area contributed by atoms with E-state index in [0.717, 1.165) is 6.54 Å². The summed E-state index contributed by atoms with van der Waals surface area (Å²) >= 11 is 0. The standard InChI is InChI=1S/C11H21N3O4/c1-11(2)7-14(5-4-13(11)3)10(18)12-6-8(15)9(16)17/h8,15H,4-7H2,1-3H3,(H,12,18)(H,16,17)/t8-/m0/s1. The summed E-state index contributed by atoms with van der Waals surface area (Å²) in [6, 6.07) is -0.337. The fraction of sp³-hybridized carbons (Fsp3) is 0.818. The van der Waals surface area contributed by atoms with E-state index in [-0.39, 0.29) is 18.1 Å². The number of aliphatic carboxylic acids is 1. The van der Waals surface area contributed by atoms with Gasteiger partial charge in [0, 0.05) is 25.2 Å². The third kappa shape index (κ3) is 3.58. The molecule has 0 aromatic heterocycles. The predicted molar refractivity (Wildman–Crippen MR) is 65.3 cm³/mol. The summed E-state index contributed by atoms with van der Waals surface area (Å²) in [4.78, 5) is 26.0. The minimum absolute atomic E-state index is 0.110. The second-order valence-corrected chi connectivity index (χ2v) is 5.20. The van der Waals surface area contributed by atoms with Crippen molar-refractivity contribution in [3.8, 4) is 0 Å². The van der Waals surface area contributed by atoms with E-state index >= 15 is 0 Å². The van der Waals surface area contributed by atoms with Gasteiger partial charge in [-0.05, 0) is 20.9 Å². The number of hydrogen-bond donors (Lipinski definition) is 3. The topological polar surface area (TPSA) is 93.1 Å². The summed E-state index contributed by atoms with van der Waals surface area (Å²) < 4.78 is 0. The molecule has 2 amide bonds. The molecular weight excluding hydrogens is 238 g/mol. The van der Waals surface area contributed by atoms with Gasteiger partial charge in [-0.15, -0.1) is 0 Å². The third-order valence-electron chi connectivity index (χ3n) is 3.34. The molecule has 0 aliphatic carbocycles. The van der Waals surface area contributed by atoms with E-state index in [4.69, 9.17) is 10.2 Å². The summed E-state index contributed by atoms with van der Waals surface area (Å²) in [7, 11) is 2.00. The van der Waals surface area contributed by atoms with Gasteiger partial charge in [-0.2, -0.15) is 0 Å². The number of amides is 2. The number of aliphatic hydroxyl groups is 1. The number of nitrogens with one attached hydrogen (secondary N) is 1. The number of aliphatic hydroxyl groups excluding tert-OH is 1. The van der Waals surface area contributed by atoms with Gasteiger partial charge in [-0.25, -0.2) is 9.59 Å². The van der Waals surface area contributed by atoms with Crippen molar-refractivity contribution in [1.29, 1.82) is 0 Å². The van der Waals surface area contributed by atoms with Crippen LogP contribution in [0, 0.1) is 0 Å². The van der Waals surface area contributed by atoms with E-state index in [1.165, 1.54) is 0 Å². The first kappa shape index (κ1) is 14.7. The van der Waals surface area contributed by atoms with Crippen molar-refractivity contribution < 1.29 is 19.8 Å². The van der Waals surface area contributed by atoms with Crippen molar-refractivity contribution in [3.63, 3.8) is 0 Å². The van der Waals surface area contributed by atoms with Gasteiger partial charge in [0.2, 0.25) is 0 Å². The predicted octanol–water partition coefficient (Wildman–Crippen LogP) is -0.832. The fourth-order valence-electron chi connectivity index (χ4n) is 1.80. The molecule has 1 rings (SSSR count). The van der Waals surface area contributed by atoms with Gasteiger partial charge >= 0.3 is 12.0 Å². The Hall–Kier alpha value is -1.34. The van der Waals surface area contributed by atoms with Crippen LogP contribution in [0.5, 0.6) is 0 Å². The molecule has 1 heterocycles. The largest absolute Gasteiger partial charge is 0.479 e. The Labute approximate surface area is 106 Å². The lowest BCUT2D eigenvalue weighted by atomic mass is 10.0. The zero-order valence-corrected chi connectivity index (χ0v) is 11.0. The summed E-state index contributed by atoms with van der Waals surface area (Å²) in [5.74, 6) is -1.34. The van der Waals surface area contributed by atoms with Crippen LogP contribution in [0.4, 0.5) is 4.79 Å². The number of piperazine rings is 1. The average Bonchev–Trinajstić information content (AvgIpc) is 2.28. The Morgan fingerprint density at radius 1 is 1.39 bits per heavy atom. The second-order valence-electron chi connectivity index (χ2n) is 5.20. The lowest BCUT2D eigenvalue weighted by molar-refractivity contribution is -0.146. The maximum Gasteiger partial charge on any atom is 0.334 e. The molecule has 7 heteroatoms. The Kier molecular flexibility index (Phi) is 4.53. The number of carbonyl (C=O) groups excluding carboxylic acids is 1. The lowest BCUT2D eigenvalue weighted by Gasteiger charge is -2.45. The smallest absolute Gasteiger partial charge is 0.334 e. The molecule has 0 aromatic rings. The molecule has 1 fully saturated rings. The van der Waals surface area contributed by atoms with E-state index in [1.54, 1.807) is 4.90 Å². The van der Waals surface area contributed by atoms with Crippen LogP contribution in [-0.2, 0) is 4.79 Å². The molecular formula is C11H21N3O4. The van der Waals surface area contributed by atoms with Crippen LogP contribution in [0.25, 0.3) is 0 Å². The zero-order valence-electron chi connectivity index (χ0n) is 11.0. The number of urea groups is 1. The molecule has 1 aliphatic heterocycles. The number of carboxylic acid groups (broad SMARTS) is 1. The Morgan fingerprint density at radius 3 is 2.50 bits per heavy atom. The molecule has 18 heavy (non-hydrogen) atoms. The highest BCUT2D eigenvalue weighted by Crippen LogP contribution is 2.18. The van der Waals surface area contributed by atoms with Crippen molar-refractivity contribution in [2.75, 3.05) is 33.2 Å². The molecule has 0 unspecified atom stereocenters. The van der Waals surface area contributed by atoms with E-state index in [1.807, 2.05) is 20.9 Å². The molecule has 1 saturated heterocycles. The monoisotopic (exact) mass is 259 g/mol. The Balaban J connectivity index is 2.46. The molecule has 0 spiro atoms. The lowest BCUT2D eigenvalue weighted by Crippen LogP contribution is -2.60. The Morgan fingerprint density at radius 2 is 2.00 bits per heavy atom. The van der Waals surface area contributed by atoms with E-state index in [2.05, 4.69) is 10.2 Å². The van der Waals surface area contributed by atoms with Gasteiger partial charge in [-0.3, -0.25) is 4.90 Å². The molecule has 3 N–H and O–H groups in total. The normalized spacial score (nSPS) is 21.4. The van der Waals surface area contributed by atoms with Crippen LogP contribution >= 0.6 is 0 Å². The highest BCUT2D eigenvalue weighted by molar-refractivity contribution is 5.77. The average molecular weight is 259 g/mol. The van der Waals surface area contributed by atoms with Crippen molar-refractivity contribution in [1.82, 2.24) is 15.1 Å². The fourth-order valence-corrected chi connectivity index (χ4v) is 1.80. The first-order valence-electron chi connectivity index (χ1n) is 5.89. The number of nitrogens with zero attached hydrogens (tertiary/aromatic N) is 2. The van der Waals surface area contributed by atoms with Gasteiger partial charge in [0.1, 0.15) is 0 Å². The maximum absolute atomic E-state index is 11.8. The first-order valence-corrected chi connectivity index (χ1v) is 5.89. The molecule has 0 aromatic carbocycles. The van der Waals surface area contributed by atoms with Crippen LogP contribution in [0.2, 0.25) is 0 Å². The highest BCUT2D eigenvalue weighted by atomic mass is 16.4. The minimum Gasteiger partial charge on any atom is -0.479 e. The van der Waals surface area contributed by atoms with E-state index in [0.29, 0.717) is 13.1 Å². The molecule has 1 aliphatic rings. The number of hydrogen-bond acceptors (Lipinski definition) is 4.